The van der Waals surface area contributed by atoms with Gasteiger partial charge in [-0.1, -0.05) is 0 Å². The normalized spacial score (nSPS) is 19.9. The smallest absolute Gasteiger partial charge is 0.346 e. The molecule has 0 aliphatic carbocycles. The van der Waals surface area contributed by atoms with Crippen LogP contribution in [0.5, 0.6) is 0 Å². The molecule has 0 radical (unpaired) electrons. The average molecular weight is 224 g/mol. The monoisotopic (exact) mass is 224 g/mol. The molecule has 1 aromatic rings. The molecule has 1 fully saturated rings. The summed E-state index contributed by atoms with van der Waals surface area (Å²) in [4.78, 5) is 37.9. The first-order valence-electron chi connectivity index (χ1n) is 4.94. The number of carbonyl (C=O) groups excluding carboxylic acids is 1. The number of carbonyl (C=O) groups is 1. The Morgan fingerprint density at radius 3 is 2.50 bits per heavy atom. The van der Waals surface area contributed by atoms with Gasteiger partial charge in [0.2, 0.25) is 5.91 Å². The van der Waals surface area contributed by atoms with Gasteiger partial charge in [0.05, 0.1) is 6.04 Å². The molecule has 1 unspecified atom stereocenters. The summed E-state index contributed by atoms with van der Waals surface area (Å²) in [6.07, 6.45) is 0.960. The van der Waals surface area contributed by atoms with E-state index in [1.54, 1.807) is 0 Å². The molecular weight excluding hydrogens is 212 g/mol. The quantitative estimate of drug-likeness (QED) is 0.624. The number of aromatic nitrogens is 3. The number of rotatable bonds is 1. The van der Waals surface area contributed by atoms with Crippen LogP contribution in [0.2, 0.25) is 0 Å². The van der Waals surface area contributed by atoms with Gasteiger partial charge in [0.1, 0.15) is 5.82 Å². The fourth-order valence-corrected chi connectivity index (χ4v) is 1.77. The largest absolute Gasteiger partial charge is 0.353 e. The first-order chi connectivity index (χ1) is 7.50. The third-order valence-electron chi connectivity index (χ3n) is 2.72. The molecular formula is C9H12N4O3. The maximum atomic E-state index is 11.6. The van der Waals surface area contributed by atoms with Crippen LogP contribution >= 0.6 is 0 Å². The third kappa shape index (κ3) is 1.54. The molecule has 0 spiro atoms. The van der Waals surface area contributed by atoms with E-state index >= 15 is 0 Å². The lowest BCUT2D eigenvalue weighted by Gasteiger charge is -2.13. The van der Waals surface area contributed by atoms with Crippen LogP contribution in [0.1, 0.15) is 24.7 Å². The van der Waals surface area contributed by atoms with E-state index in [4.69, 9.17) is 0 Å². The van der Waals surface area contributed by atoms with E-state index in [2.05, 4.69) is 10.3 Å². The highest BCUT2D eigenvalue weighted by Crippen LogP contribution is 2.19. The number of hydrogen-bond acceptors (Lipinski definition) is 4. The minimum atomic E-state index is -0.598. The van der Waals surface area contributed by atoms with Gasteiger partial charge < -0.3 is 5.32 Å². The van der Waals surface area contributed by atoms with Crippen LogP contribution in [0.25, 0.3) is 0 Å². The van der Waals surface area contributed by atoms with Crippen LogP contribution in [-0.2, 0) is 18.9 Å². The maximum absolute atomic E-state index is 11.6. The standard InChI is InChI=1S/C9H12N4O3/c1-12-7(5-3-4-6(14)10-5)11-8(15)13(2)9(12)16/h5H,3-4H2,1-2H3,(H,10,14). The summed E-state index contributed by atoms with van der Waals surface area (Å²) in [6.45, 7) is 0. The van der Waals surface area contributed by atoms with Crippen molar-refractivity contribution in [2.24, 2.45) is 14.1 Å². The van der Waals surface area contributed by atoms with Crippen molar-refractivity contribution < 1.29 is 4.79 Å². The van der Waals surface area contributed by atoms with E-state index in [9.17, 15) is 14.4 Å². The highest BCUT2D eigenvalue weighted by atomic mass is 16.2. The Bertz CT molecular complexity index is 557. The number of hydrogen-bond donors (Lipinski definition) is 1. The van der Waals surface area contributed by atoms with Gasteiger partial charge in [0.25, 0.3) is 0 Å². The Morgan fingerprint density at radius 1 is 1.25 bits per heavy atom. The second kappa shape index (κ2) is 3.58. The Hall–Kier alpha value is -1.92. The zero-order valence-electron chi connectivity index (χ0n) is 9.06. The van der Waals surface area contributed by atoms with Gasteiger partial charge in [-0.2, -0.15) is 4.98 Å². The maximum Gasteiger partial charge on any atom is 0.353 e. The molecule has 7 heteroatoms. The number of amides is 1. The van der Waals surface area contributed by atoms with Crippen molar-refractivity contribution in [3.63, 3.8) is 0 Å². The topological polar surface area (TPSA) is 86.0 Å². The molecule has 0 bridgehead atoms. The van der Waals surface area contributed by atoms with E-state index in [1.807, 2.05) is 0 Å². The fraction of sp³-hybridized carbons (Fsp3) is 0.556. The van der Waals surface area contributed by atoms with Crippen molar-refractivity contribution in [2.45, 2.75) is 18.9 Å². The van der Waals surface area contributed by atoms with E-state index in [0.717, 1.165) is 4.57 Å². The Labute approximate surface area is 90.7 Å². The molecule has 2 heterocycles. The summed E-state index contributed by atoms with van der Waals surface area (Å²) < 4.78 is 2.22. The minimum absolute atomic E-state index is 0.0834. The summed E-state index contributed by atoms with van der Waals surface area (Å²) in [5.74, 6) is 0.235. The summed E-state index contributed by atoms with van der Waals surface area (Å²) in [5, 5.41) is 2.68. The highest BCUT2D eigenvalue weighted by Gasteiger charge is 2.26. The molecule has 0 saturated carbocycles. The van der Waals surface area contributed by atoms with Crippen LogP contribution < -0.4 is 16.7 Å². The summed E-state index contributed by atoms with van der Waals surface area (Å²) in [7, 11) is 2.91. The molecule has 1 atom stereocenters. The molecule has 1 aromatic heterocycles. The van der Waals surface area contributed by atoms with Gasteiger partial charge in [-0.3, -0.25) is 9.36 Å². The lowest BCUT2D eigenvalue weighted by molar-refractivity contribution is -0.119. The van der Waals surface area contributed by atoms with E-state index in [-0.39, 0.29) is 11.9 Å². The van der Waals surface area contributed by atoms with Gasteiger partial charge in [-0.25, -0.2) is 14.2 Å². The van der Waals surface area contributed by atoms with Crippen molar-refractivity contribution in [2.75, 3.05) is 0 Å². The van der Waals surface area contributed by atoms with E-state index in [1.165, 1.54) is 18.7 Å². The summed E-state index contributed by atoms with van der Waals surface area (Å²) >= 11 is 0. The predicted octanol–water partition coefficient (Wildman–Crippen LogP) is -1.57. The molecule has 1 amide bonds. The number of nitrogens with one attached hydrogen (secondary N) is 1. The van der Waals surface area contributed by atoms with Crippen molar-refractivity contribution in [1.29, 1.82) is 0 Å². The molecule has 1 N–H and O–H groups in total. The fourth-order valence-electron chi connectivity index (χ4n) is 1.77. The van der Waals surface area contributed by atoms with Gasteiger partial charge in [0, 0.05) is 20.5 Å². The van der Waals surface area contributed by atoms with Crippen molar-refractivity contribution in [3.05, 3.63) is 26.8 Å². The first-order valence-corrected chi connectivity index (χ1v) is 4.94. The van der Waals surface area contributed by atoms with Crippen molar-refractivity contribution >= 4 is 5.91 Å². The zero-order chi connectivity index (χ0) is 11.9. The van der Waals surface area contributed by atoms with E-state index in [0.29, 0.717) is 18.7 Å². The molecule has 0 aromatic carbocycles. The van der Waals surface area contributed by atoms with Crippen LogP contribution in [0.15, 0.2) is 9.59 Å². The van der Waals surface area contributed by atoms with Crippen LogP contribution in [0, 0.1) is 0 Å². The Balaban J connectivity index is 2.54. The molecule has 16 heavy (non-hydrogen) atoms. The Morgan fingerprint density at radius 2 is 1.94 bits per heavy atom. The summed E-state index contributed by atoms with van der Waals surface area (Å²) in [6, 6.07) is -0.334. The lowest BCUT2D eigenvalue weighted by atomic mass is 10.2. The second-order valence-corrected chi connectivity index (χ2v) is 3.81. The molecule has 2 rings (SSSR count). The van der Waals surface area contributed by atoms with E-state index < -0.39 is 11.4 Å². The van der Waals surface area contributed by atoms with Gasteiger partial charge >= 0.3 is 11.4 Å². The SMILES string of the molecule is Cn1c(C2CCC(=O)N2)nc(=O)n(C)c1=O. The van der Waals surface area contributed by atoms with Crippen LogP contribution in [0.3, 0.4) is 0 Å². The van der Waals surface area contributed by atoms with Crippen LogP contribution in [0.4, 0.5) is 0 Å². The van der Waals surface area contributed by atoms with Crippen LogP contribution in [-0.4, -0.2) is 20.0 Å². The highest BCUT2D eigenvalue weighted by molar-refractivity contribution is 5.78. The molecule has 1 aliphatic rings. The number of nitrogens with zero attached hydrogens (tertiary/aromatic N) is 3. The average Bonchev–Trinajstić information content (AvgIpc) is 2.67. The Kier molecular flexibility index (Phi) is 2.37. The van der Waals surface area contributed by atoms with Gasteiger partial charge in [-0.15, -0.1) is 0 Å². The molecule has 1 aliphatic heterocycles. The first kappa shape index (κ1) is 10.6. The zero-order valence-corrected chi connectivity index (χ0v) is 9.06. The second-order valence-electron chi connectivity index (χ2n) is 3.81. The minimum Gasteiger partial charge on any atom is -0.346 e. The summed E-state index contributed by atoms with van der Waals surface area (Å²) in [5.41, 5.74) is -1.03. The van der Waals surface area contributed by atoms with Crippen molar-refractivity contribution in [1.82, 2.24) is 19.4 Å². The van der Waals surface area contributed by atoms with Crippen molar-refractivity contribution in [3.8, 4) is 0 Å². The molecule has 86 valence electrons. The van der Waals surface area contributed by atoms with Gasteiger partial charge in [-0.05, 0) is 6.42 Å². The molecule has 1 saturated heterocycles. The molecule has 7 nitrogen and oxygen atoms in total. The predicted molar refractivity (Wildman–Crippen MR) is 54.8 cm³/mol. The third-order valence-corrected chi connectivity index (χ3v) is 2.72. The van der Waals surface area contributed by atoms with Gasteiger partial charge in [0.15, 0.2) is 0 Å². The lowest BCUT2D eigenvalue weighted by Crippen LogP contribution is -2.42.